The first-order chi connectivity index (χ1) is 16.1. The Bertz CT molecular complexity index is 1080. The molecule has 33 heavy (non-hydrogen) atoms. The highest BCUT2D eigenvalue weighted by Crippen LogP contribution is 2.39. The summed E-state index contributed by atoms with van der Waals surface area (Å²) >= 11 is 3.11. The highest BCUT2D eigenvalue weighted by atomic mass is 32.2. The predicted molar refractivity (Wildman–Crippen MR) is 136 cm³/mol. The highest BCUT2D eigenvalue weighted by Gasteiger charge is 2.29. The summed E-state index contributed by atoms with van der Waals surface area (Å²) in [6.45, 7) is 2.31. The van der Waals surface area contributed by atoms with Crippen molar-refractivity contribution in [2.24, 2.45) is 5.92 Å². The number of carbonyl (C=O) groups excluding carboxylic acids is 1. The second-order valence-corrected chi connectivity index (χ2v) is 10.1. The van der Waals surface area contributed by atoms with Crippen LogP contribution < -0.4 is 10.1 Å². The van der Waals surface area contributed by atoms with E-state index in [2.05, 4.69) is 27.0 Å². The number of nitrogens with one attached hydrogen (secondary N) is 1. The Morgan fingerprint density at radius 2 is 1.94 bits per heavy atom. The molecule has 1 aromatic heterocycles. The van der Waals surface area contributed by atoms with Crippen molar-refractivity contribution in [2.75, 3.05) is 24.4 Å². The van der Waals surface area contributed by atoms with Crippen LogP contribution in [0, 0.1) is 5.92 Å². The average Bonchev–Trinajstić information content (AvgIpc) is 3.27. The number of carbonyl (C=O) groups is 1. The first-order valence-corrected chi connectivity index (χ1v) is 13.5. The summed E-state index contributed by atoms with van der Waals surface area (Å²) in [5, 5.41) is 12.9. The molecule has 0 spiro atoms. The predicted octanol–water partition coefficient (Wildman–Crippen LogP) is 6.16. The molecular formula is C25H30N4O2S2. The SMILES string of the molecule is COc1ccc(-c2nnc(SCC(=O)Nc3cccc(SC)c3)n2[C@H]2CCCC[C@@H]2C)cc1. The molecule has 1 fully saturated rings. The summed E-state index contributed by atoms with van der Waals surface area (Å²) in [6, 6.07) is 16.1. The van der Waals surface area contributed by atoms with Gasteiger partial charge in [0.15, 0.2) is 11.0 Å². The molecule has 2 aromatic carbocycles. The van der Waals surface area contributed by atoms with E-state index < -0.39 is 0 Å². The molecule has 0 bridgehead atoms. The lowest BCUT2D eigenvalue weighted by molar-refractivity contribution is -0.113. The van der Waals surface area contributed by atoms with Gasteiger partial charge in [-0.2, -0.15) is 0 Å². The highest BCUT2D eigenvalue weighted by molar-refractivity contribution is 7.99. The second kappa shape index (κ2) is 11.1. The number of hydrogen-bond acceptors (Lipinski definition) is 6. The van der Waals surface area contributed by atoms with Crippen LogP contribution in [-0.4, -0.2) is 39.8 Å². The fourth-order valence-electron chi connectivity index (χ4n) is 4.32. The third kappa shape index (κ3) is 5.73. The minimum atomic E-state index is -0.0458. The minimum Gasteiger partial charge on any atom is -0.497 e. The zero-order valence-corrected chi connectivity index (χ0v) is 20.9. The van der Waals surface area contributed by atoms with Crippen molar-refractivity contribution in [1.29, 1.82) is 0 Å². The zero-order valence-electron chi connectivity index (χ0n) is 19.3. The van der Waals surface area contributed by atoms with Crippen LogP contribution in [-0.2, 0) is 4.79 Å². The quantitative estimate of drug-likeness (QED) is 0.388. The second-order valence-electron chi connectivity index (χ2n) is 8.30. The summed E-state index contributed by atoms with van der Waals surface area (Å²) in [4.78, 5) is 13.8. The Kier molecular flexibility index (Phi) is 7.98. The molecule has 0 unspecified atom stereocenters. The molecule has 0 radical (unpaired) electrons. The van der Waals surface area contributed by atoms with Crippen LogP contribution in [0.1, 0.15) is 38.6 Å². The van der Waals surface area contributed by atoms with Crippen molar-refractivity contribution in [3.8, 4) is 17.1 Å². The number of benzene rings is 2. The van der Waals surface area contributed by atoms with Crippen LogP contribution in [0.3, 0.4) is 0 Å². The Morgan fingerprint density at radius 1 is 1.15 bits per heavy atom. The molecular weight excluding hydrogens is 452 g/mol. The van der Waals surface area contributed by atoms with Gasteiger partial charge in [0.25, 0.3) is 0 Å². The van der Waals surface area contributed by atoms with E-state index in [9.17, 15) is 4.79 Å². The molecule has 6 nitrogen and oxygen atoms in total. The van der Waals surface area contributed by atoms with E-state index in [4.69, 9.17) is 4.74 Å². The van der Waals surface area contributed by atoms with Gasteiger partial charge in [0, 0.05) is 22.2 Å². The molecule has 1 saturated carbocycles. The molecule has 1 aliphatic carbocycles. The van der Waals surface area contributed by atoms with Gasteiger partial charge in [-0.05, 0) is 67.5 Å². The lowest BCUT2D eigenvalue weighted by Gasteiger charge is -2.31. The maximum absolute atomic E-state index is 12.7. The van der Waals surface area contributed by atoms with E-state index in [0.29, 0.717) is 12.0 Å². The van der Waals surface area contributed by atoms with Gasteiger partial charge in [-0.25, -0.2) is 0 Å². The van der Waals surface area contributed by atoms with Crippen LogP contribution in [0.15, 0.2) is 58.6 Å². The largest absolute Gasteiger partial charge is 0.497 e. The molecule has 2 atom stereocenters. The van der Waals surface area contributed by atoms with Gasteiger partial charge in [0.1, 0.15) is 5.75 Å². The number of anilines is 1. The molecule has 0 aliphatic heterocycles. The number of rotatable bonds is 8. The molecule has 1 heterocycles. The van der Waals surface area contributed by atoms with E-state index >= 15 is 0 Å². The number of aromatic nitrogens is 3. The van der Waals surface area contributed by atoms with E-state index in [-0.39, 0.29) is 11.7 Å². The first kappa shape index (κ1) is 23.7. The maximum atomic E-state index is 12.7. The van der Waals surface area contributed by atoms with Crippen LogP contribution in [0.2, 0.25) is 0 Å². The van der Waals surface area contributed by atoms with Gasteiger partial charge in [-0.3, -0.25) is 9.36 Å². The van der Waals surface area contributed by atoms with Crippen LogP contribution >= 0.6 is 23.5 Å². The summed E-state index contributed by atoms with van der Waals surface area (Å²) < 4.78 is 7.57. The van der Waals surface area contributed by atoms with Crippen LogP contribution in [0.5, 0.6) is 5.75 Å². The maximum Gasteiger partial charge on any atom is 0.234 e. The Labute approximate surface area is 203 Å². The Balaban J connectivity index is 1.55. The molecule has 1 N–H and O–H groups in total. The monoisotopic (exact) mass is 482 g/mol. The van der Waals surface area contributed by atoms with Crippen LogP contribution in [0.4, 0.5) is 5.69 Å². The molecule has 0 saturated heterocycles. The molecule has 4 rings (SSSR count). The molecule has 174 valence electrons. The topological polar surface area (TPSA) is 69.0 Å². The normalized spacial score (nSPS) is 18.2. The fraction of sp³-hybridized carbons (Fsp3) is 0.400. The first-order valence-electron chi connectivity index (χ1n) is 11.2. The Morgan fingerprint density at radius 3 is 2.67 bits per heavy atom. The van der Waals surface area contributed by atoms with Crippen molar-refractivity contribution in [1.82, 2.24) is 14.8 Å². The number of hydrogen-bond donors (Lipinski definition) is 1. The molecule has 1 aliphatic rings. The smallest absolute Gasteiger partial charge is 0.234 e. The molecule has 3 aromatic rings. The number of thioether (sulfide) groups is 2. The molecule has 8 heteroatoms. The van der Waals surface area contributed by atoms with Crippen molar-refractivity contribution in [3.63, 3.8) is 0 Å². The van der Waals surface area contributed by atoms with Gasteiger partial charge >= 0.3 is 0 Å². The summed E-state index contributed by atoms with van der Waals surface area (Å²) in [5.41, 5.74) is 1.82. The van der Waals surface area contributed by atoms with E-state index in [0.717, 1.165) is 39.3 Å². The van der Waals surface area contributed by atoms with Crippen LogP contribution in [0.25, 0.3) is 11.4 Å². The average molecular weight is 483 g/mol. The van der Waals surface area contributed by atoms with Gasteiger partial charge in [0.05, 0.1) is 12.9 Å². The van der Waals surface area contributed by atoms with Gasteiger partial charge in [0.2, 0.25) is 5.91 Å². The number of ether oxygens (including phenoxy) is 1. The lowest BCUT2D eigenvalue weighted by Crippen LogP contribution is -2.23. The van der Waals surface area contributed by atoms with E-state index in [1.807, 2.05) is 54.8 Å². The number of nitrogens with zero attached hydrogens (tertiary/aromatic N) is 3. The zero-order chi connectivity index (χ0) is 23.2. The third-order valence-electron chi connectivity index (χ3n) is 6.10. The standard InChI is InChI=1S/C25H30N4O2S2/c1-17-7-4-5-10-22(17)29-24(18-11-13-20(31-2)14-12-18)27-28-25(29)33-16-23(30)26-19-8-6-9-21(15-19)32-3/h6,8-9,11-15,17,22H,4-5,7,10,16H2,1-3H3,(H,26,30)/t17-,22-/m0/s1. The van der Waals surface area contributed by atoms with Gasteiger partial charge in [-0.15, -0.1) is 22.0 Å². The van der Waals surface area contributed by atoms with Crippen molar-refractivity contribution < 1.29 is 9.53 Å². The minimum absolute atomic E-state index is 0.0458. The van der Waals surface area contributed by atoms with Gasteiger partial charge < -0.3 is 10.1 Å². The Hall–Kier alpha value is -2.45. The number of amides is 1. The summed E-state index contributed by atoms with van der Waals surface area (Å²) in [7, 11) is 1.67. The van der Waals surface area contributed by atoms with Gasteiger partial charge in [-0.1, -0.05) is 37.6 Å². The van der Waals surface area contributed by atoms with Crippen molar-refractivity contribution in [2.45, 2.75) is 48.7 Å². The van der Waals surface area contributed by atoms with Crippen molar-refractivity contribution in [3.05, 3.63) is 48.5 Å². The fourth-order valence-corrected chi connectivity index (χ4v) is 5.57. The summed E-state index contributed by atoms with van der Waals surface area (Å²) in [5.74, 6) is 2.44. The number of methoxy groups -OCH3 is 1. The molecule has 1 amide bonds. The third-order valence-corrected chi connectivity index (χ3v) is 7.76. The lowest BCUT2D eigenvalue weighted by atomic mass is 9.85. The van der Waals surface area contributed by atoms with E-state index in [1.54, 1.807) is 18.9 Å². The van der Waals surface area contributed by atoms with E-state index in [1.165, 1.54) is 31.0 Å². The van der Waals surface area contributed by atoms with Crippen molar-refractivity contribution >= 4 is 35.1 Å². The summed E-state index contributed by atoms with van der Waals surface area (Å²) in [6.07, 6.45) is 6.78.